The summed E-state index contributed by atoms with van der Waals surface area (Å²) in [7, 11) is 0. The Morgan fingerprint density at radius 1 is 1.03 bits per heavy atom. The number of carbonyl (C=O) groups is 2. The van der Waals surface area contributed by atoms with Gasteiger partial charge in [-0.15, -0.1) is 0 Å². The smallest absolute Gasteiger partial charge is 0.295 e. The molecule has 2 unspecified atom stereocenters. The highest BCUT2D eigenvalue weighted by Gasteiger charge is 2.47. The lowest BCUT2D eigenvalue weighted by Crippen LogP contribution is -2.36. The van der Waals surface area contributed by atoms with Crippen LogP contribution in [-0.2, 0) is 14.3 Å². The number of ketones is 1. The van der Waals surface area contributed by atoms with Gasteiger partial charge in [0.1, 0.15) is 24.7 Å². The minimum absolute atomic E-state index is 0.0521. The Morgan fingerprint density at radius 2 is 1.81 bits per heavy atom. The molecular weight excluding hydrogens is 474 g/mol. The lowest BCUT2D eigenvalue weighted by molar-refractivity contribution is -0.140. The molecule has 0 saturated carbocycles. The Morgan fingerprint density at radius 3 is 2.54 bits per heavy atom. The fourth-order valence-corrected chi connectivity index (χ4v) is 5.06. The standard InChI is InChI=1S/C29H33NO7/c1-2-3-4-13-34-21-10-7-19(8-11-21)26-25(28(32)29(33)30(26)18-22-6-5-14-35-22)27(31)20-9-12-23-24(17-20)37-16-15-36-23/h7-12,17,22,26,31H,2-6,13-16,18H2,1H3/b27-25+. The number of rotatable bonds is 9. The van der Waals surface area contributed by atoms with E-state index in [1.165, 1.54) is 4.90 Å². The normalized spacial score (nSPS) is 22.5. The lowest BCUT2D eigenvalue weighted by atomic mass is 9.95. The molecule has 2 atom stereocenters. The van der Waals surface area contributed by atoms with Crippen molar-refractivity contribution in [2.24, 2.45) is 0 Å². The lowest BCUT2D eigenvalue weighted by Gasteiger charge is -2.27. The number of ether oxygens (including phenoxy) is 4. The van der Waals surface area contributed by atoms with Gasteiger partial charge < -0.3 is 29.0 Å². The third kappa shape index (κ3) is 5.30. The van der Waals surface area contributed by atoms with Crippen LogP contribution >= 0.6 is 0 Å². The second kappa shape index (κ2) is 11.3. The number of carbonyl (C=O) groups excluding carboxylic acids is 2. The molecule has 1 N–H and O–H groups in total. The summed E-state index contributed by atoms with van der Waals surface area (Å²) < 4.78 is 22.9. The number of benzene rings is 2. The van der Waals surface area contributed by atoms with Gasteiger partial charge in [-0.3, -0.25) is 9.59 Å². The molecule has 3 heterocycles. The van der Waals surface area contributed by atoms with Crippen LogP contribution in [0.5, 0.6) is 17.2 Å². The van der Waals surface area contributed by atoms with E-state index in [1.807, 2.05) is 24.3 Å². The first-order valence-corrected chi connectivity index (χ1v) is 13.1. The van der Waals surface area contributed by atoms with Crippen LogP contribution in [0.4, 0.5) is 0 Å². The Labute approximate surface area is 216 Å². The maximum absolute atomic E-state index is 13.3. The first-order chi connectivity index (χ1) is 18.1. The second-order valence-corrected chi connectivity index (χ2v) is 9.57. The van der Waals surface area contributed by atoms with Crippen LogP contribution in [0.2, 0.25) is 0 Å². The fourth-order valence-electron chi connectivity index (χ4n) is 5.06. The van der Waals surface area contributed by atoms with E-state index in [0.29, 0.717) is 43.5 Å². The summed E-state index contributed by atoms with van der Waals surface area (Å²) in [6.45, 7) is 4.55. The summed E-state index contributed by atoms with van der Waals surface area (Å²) >= 11 is 0. The van der Waals surface area contributed by atoms with Crippen molar-refractivity contribution in [1.82, 2.24) is 4.90 Å². The van der Waals surface area contributed by atoms with E-state index in [0.717, 1.165) is 43.4 Å². The number of fused-ring (bicyclic) bond motifs is 1. The second-order valence-electron chi connectivity index (χ2n) is 9.57. The quantitative estimate of drug-likeness (QED) is 0.229. The minimum Gasteiger partial charge on any atom is -0.507 e. The van der Waals surface area contributed by atoms with E-state index in [2.05, 4.69) is 6.92 Å². The van der Waals surface area contributed by atoms with E-state index in [4.69, 9.17) is 18.9 Å². The largest absolute Gasteiger partial charge is 0.507 e. The van der Waals surface area contributed by atoms with Gasteiger partial charge >= 0.3 is 0 Å². The number of likely N-dealkylation sites (tertiary alicyclic amines) is 1. The molecule has 3 aliphatic heterocycles. The number of Topliss-reactive ketones (excluding diaryl/α,β-unsaturated/α-hetero) is 1. The first kappa shape index (κ1) is 25.1. The van der Waals surface area contributed by atoms with Gasteiger partial charge in [-0.2, -0.15) is 0 Å². The molecule has 5 rings (SSSR count). The summed E-state index contributed by atoms with van der Waals surface area (Å²) in [5.74, 6) is 0.199. The molecule has 0 aliphatic carbocycles. The monoisotopic (exact) mass is 507 g/mol. The number of aliphatic hydroxyl groups is 1. The van der Waals surface area contributed by atoms with Gasteiger partial charge in [-0.1, -0.05) is 31.9 Å². The van der Waals surface area contributed by atoms with Crippen molar-refractivity contribution in [2.45, 2.75) is 51.2 Å². The van der Waals surface area contributed by atoms with Gasteiger partial charge in [0.15, 0.2) is 11.5 Å². The number of unbranched alkanes of at least 4 members (excludes halogenated alkanes) is 2. The number of amides is 1. The predicted molar refractivity (Wildman–Crippen MR) is 137 cm³/mol. The molecule has 0 aromatic heterocycles. The molecule has 8 nitrogen and oxygen atoms in total. The SMILES string of the molecule is CCCCCOc1ccc(C2/C(=C(\O)c3ccc4c(c3)OCCO4)C(=O)C(=O)N2CC2CCCO2)cc1. The maximum Gasteiger partial charge on any atom is 0.295 e. The Balaban J connectivity index is 1.49. The molecule has 1 amide bonds. The zero-order chi connectivity index (χ0) is 25.8. The van der Waals surface area contributed by atoms with Crippen LogP contribution in [0.1, 0.15) is 56.2 Å². The third-order valence-corrected chi connectivity index (χ3v) is 6.99. The van der Waals surface area contributed by atoms with E-state index in [1.54, 1.807) is 18.2 Å². The molecule has 0 radical (unpaired) electrons. The molecule has 8 heteroatoms. The number of hydrogen-bond donors (Lipinski definition) is 1. The van der Waals surface area contributed by atoms with E-state index in [9.17, 15) is 14.7 Å². The fraction of sp³-hybridized carbons (Fsp3) is 0.448. The maximum atomic E-state index is 13.3. The molecule has 2 aromatic carbocycles. The van der Waals surface area contributed by atoms with Crippen LogP contribution in [0.3, 0.4) is 0 Å². The summed E-state index contributed by atoms with van der Waals surface area (Å²) in [6, 6.07) is 11.7. The highest BCUT2D eigenvalue weighted by molar-refractivity contribution is 6.46. The number of aliphatic hydroxyl groups excluding tert-OH is 1. The van der Waals surface area contributed by atoms with Crippen LogP contribution in [0.25, 0.3) is 5.76 Å². The molecule has 37 heavy (non-hydrogen) atoms. The van der Waals surface area contributed by atoms with Crippen LogP contribution in [0.15, 0.2) is 48.0 Å². The van der Waals surface area contributed by atoms with Crippen molar-refractivity contribution < 1.29 is 33.6 Å². The average Bonchev–Trinajstić information content (AvgIpc) is 3.53. The molecular formula is C29H33NO7. The molecule has 0 bridgehead atoms. The predicted octanol–water partition coefficient (Wildman–Crippen LogP) is 4.63. The van der Waals surface area contributed by atoms with Gasteiger partial charge in [0, 0.05) is 18.7 Å². The van der Waals surface area contributed by atoms with Crippen molar-refractivity contribution in [1.29, 1.82) is 0 Å². The molecule has 0 spiro atoms. The van der Waals surface area contributed by atoms with Gasteiger partial charge in [0.05, 0.1) is 24.3 Å². The Bertz CT molecular complexity index is 1170. The van der Waals surface area contributed by atoms with Crippen LogP contribution in [-0.4, -0.2) is 60.8 Å². The summed E-state index contributed by atoms with van der Waals surface area (Å²) in [5.41, 5.74) is 1.16. The zero-order valence-electron chi connectivity index (χ0n) is 21.1. The van der Waals surface area contributed by atoms with Crippen molar-refractivity contribution in [3.05, 3.63) is 59.2 Å². The highest BCUT2D eigenvalue weighted by Crippen LogP contribution is 2.42. The van der Waals surface area contributed by atoms with E-state index in [-0.39, 0.29) is 24.0 Å². The summed E-state index contributed by atoms with van der Waals surface area (Å²) in [4.78, 5) is 28.1. The van der Waals surface area contributed by atoms with Gasteiger partial charge in [-0.05, 0) is 55.2 Å². The van der Waals surface area contributed by atoms with Crippen LogP contribution in [0, 0.1) is 0 Å². The Hall–Kier alpha value is -3.52. The number of hydrogen-bond acceptors (Lipinski definition) is 7. The molecule has 3 aliphatic rings. The third-order valence-electron chi connectivity index (χ3n) is 6.99. The molecule has 2 saturated heterocycles. The average molecular weight is 508 g/mol. The van der Waals surface area contributed by atoms with Gasteiger partial charge in [-0.25, -0.2) is 0 Å². The summed E-state index contributed by atoms with van der Waals surface area (Å²) in [5, 5.41) is 11.4. The molecule has 196 valence electrons. The minimum atomic E-state index is -0.744. The molecule has 2 aromatic rings. The highest BCUT2D eigenvalue weighted by atomic mass is 16.6. The van der Waals surface area contributed by atoms with Crippen molar-refractivity contribution in [3.8, 4) is 17.2 Å². The van der Waals surface area contributed by atoms with Crippen molar-refractivity contribution >= 4 is 17.4 Å². The number of nitrogens with zero attached hydrogens (tertiary/aromatic N) is 1. The van der Waals surface area contributed by atoms with Gasteiger partial charge in [0.25, 0.3) is 11.7 Å². The van der Waals surface area contributed by atoms with Crippen LogP contribution < -0.4 is 14.2 Å². The van der Waals surface area contributed by atoms with E-state index >= 15 is 0 Å². The first-order valence-electron chi connectivity index (χ1n) is 13.1. The molecule has 2 fully saturated rings. The van der Waals surface area contributed by atoms with E-state index < -0.39 is 17.7 Å². The zero-order valence-corrected chi connectivity index (χ0v) is 21.1. The van der Waals surface area contributed by atoms with Crippen molar-refractivity contribution in [3.63, 3.8) is 0 Å². The topological polar surface area (TPSA) is 94.5 Å². The van der Waals surface area contributed by atoms with Crippen molar-refractivity contribution in [2.75, 3.05) is 33.0 Å². The Kier molecular flexibility index (Phi) is 7.65. The van der Waals surface area contributed by atoms with Gasteiger partial charge in [0.2, 0.25) is 0 Å². The summed E-state index contributed by atoms with van der Waals surface area (Å²) in [6.07, 6.45) is 4.80.